The topological polar surface area (TPSA) is 29.5 Å². The standard InChI is InChI=1S/C10H20O2/c1-3-5-9(11)10(6-4-2)7-8-12-10/h9,11H,3-8H2,1-2H3. The molecule has 0 amide bonds. The monoisotopic (exact) mass is 172 g/mol. The van der Waals surface area contributed by atoms with Gasteiger partial charge in [-0.1, -0.05) is 26.7 Å². The summed E-state index contributed by atoms with van der Waals surface area (Å²) in [6.45, 7) is 5.07. The highest BCUT2D eigenvalue weighted by Gasteiger charge is 2.43. The van der Waals surface area contributed by atoms with Crippen LogP contribution in [0.25, 0.3) is 0 Å². The van der Waals surface area contributed by atoms with Crippen LogP contribution in [-0.2, 0) is 4.74 Å². The highest BCUT2D eigenvalue weighted by atomic mass is 16.5. The fraction of sp³-hybridized carbons (Fsp3) is 1.00. The first-order chi connectivity index (χ1) is 5.75. The number of rotatable bonds is 5. The van der Waals surface area contributed by atoms with Gasteiger partial charge in [-0.3, -0.25) is 0 Å². The fourth-order valence-corrected chi connectivity index (χ4v) is 1.95. The van der Waals surface area contributed by atoms with Crippen molar-refractivity contribution in [1.82, 2.24) is 0 Å². The number of aliphatic hydroxyl groups is 1. The summed E-state index contributed by atoms with van der Waals surface area (Å²) >= 11 is 0. The quantitative estimate of drug-likeness (QED) is 0.688. The average molecular weight is 172 g/mol. The van der Waals surface area contributed by atoms with Crippen molar-refractivity contribution in [2.24, 2.45) is 0 Å². The van der Waals surface area contributed by atoms with Crippen molar-refractivity contribution in [3.05, 3.63) is 0 Å². The lowest BCUT2D eigenvalue weighted by Crippen LogP contribution is -2.53. The van der Waals surface area contributed by atoms with E-state index in [1.54, 1.807) is 0 Å². The van der Waals surface area contributed by atoms with Gasteiger partial charge < -0.3 is 9.84 Å². The van der Waals surface area contributed by atoms with Gasteiger partial charge >= 0.3 is 0 Å². The third-order valence-corrected chi connectivity index (χ3v) is 2.76. The van der Waals surface area contributed by atoms with Crippen molar-refractivity contribution in [3.63, 3.8) is 0 Å². The Morgan fingerprint density at radius 3 is 2.42 bits per heavy atom. The molecular formula is C10H20O2. The smallest absolute Gasteiger partial charge is 0.0961 e. The first-order valence-corrected chi connectivity index (χ1v) is 5.07. The molecule has 1 saturated heterocycles. The second-order valence-corrected chi connectivity index (χ2v) is 3.72. The maximum atomic E-state index is 9.83. The van der Waals surface area contributed by atoms with E-state index in [9.17, 15) is 5.11 Å². The Hall–Kier alpha value is -0.0800. The van der Waals surface area contributed by atoms with Gasteiger partial charge in [0.05, 0.1) is 18.3 Å². The first-order valence-electron chi connectivity index (χ1n) is 5.07. The zero-order chi connectivity index (χ0) is 9.03. The Morgan fingerprint density at radius 1 is 1.42 bits per heavy atom. The largest absolute Gasteiger partial charge is 0.390 e. The predicted molar refractivity (Wildman–Crippen MR) is 49.1 cm³/mol. The predicted octanol–water partition coefficient (Wildman–Crippen LogP) is 2.11. The fourth-order valence-electron chi connectivity index (χ4n) is 1.95. The molecule has 0 saturated carbocycles. The minimum absolute atomic E-state index is 0.162. The van der Waals surface area contributed by atoms with Gasteiger partial charge in [0.25, 0.3) is 0 Å². The molecule has 0 spiro atoms. The van der Waals surface area contributed by atoms with Crippen LogP contribution in [-0.4, -0.2) is 23.4 Å². The van der Waals surface area contributed by atoms with Crippen molar-refractivity contribution in [2.75, 3.05) is 6.61 Å². The summed E-state index contributed by atoms with van der Waals surface area (Å²) in [7, 11) is 0. The molecule has 0 bridgehead atoms. The van der Waals surface area contributed by atoms with E-state index < -0.39 is 0 Å². The second-order valence-electron chi connectivity index (χ2n) is 3.72. The number of ether oxygens (including phenoxy) is 1. The van der Waals surface area contributed by atoms with Crippen molar-refractivity contribution in [2.45, 2.75) is 57.7 Å². The SMILES string of the molecule is CCCC(O)C1(CCC)CCO1. The zero-order valence-corrected chi connectivity index (χ0v) is 8.18. The van der Waals surface area contributed by atoms with E-state index in [0.29, 0.717) is 0 Å². The molecule has 1 N–H and O–H groups in total. The average Bonchev–Trinajstić information content (AvgIpc) is 1.97. The van der Waals surface area contributed by atoms with Gasteiger partial charge in [-0.2, -0.15) is 0 Å². The molecule has 12 heavy (non-hydrogen) atoms. The van der Waals surface area contributed by atoms with Gasteiger partial charge in [0.2, 0.25) is 0 Å². The molecule has 2 nitrogen and oxygen atoms in total. The maximum Gasteiger partial charge on any atom is 0.0961 e. The third kappa shape index (κ3) is 1.80. The Bertz CT molecular complexity index is 130. The van der Waals surface area contributed by atoms with E-state index in [-0.39, 0.29) is 11.7 Å². The van der Waals surface area contributed by atoms with Crippen LogP contribution >= 0.6 is 0 Å². The third-order valence-electron chi connectivity index (χ3n) is 2.76. The molecule has 2 atom stereocenters. The van der Waals surface area contributed by atoms with Crippen LogP contribution in [0.5, 0.6) is 0 Å². The minimum Gasteiger partial charge on any atom is -0.390 e. The van der Waals surface area contributed by atoms with Gasteiger partial charge in [0.15, 0.2) is 0 Å². The van der Waals surface area contributed by atoms with Crippen LogP contribution in [0.4, 0.5) is 0 Å². The molecule has 1 heterocycles. The van der Waals surface area contributed by atoms with Gasteiger partial charge in [0, 0.05) is 6.42 Å². The lowest BCUT2D eigenvalue weighted by Gasteiger charge is -2.45. The molecule has 2 heteroatoms. The zero-order valence-electron chi connectivity index (χ0n) is 8.18. The Kier molecular flexibility index (Phi) is 3.53. The molecule has 1 rings (SSSR count). The molecule has 0 aromatic heterocycles. The van der Waals surface area contributed by atoms with E-state index in [1.807, 2.05) is 0 Å². The summed E-state index contributed by atoms with van der Waals surface area (Å²) in [5.41, 5.74) is -0.162. The summed E-state index contributed by atoms with van der Waals surface area (Å²) < 4.78 is 5.52. The van der Waals surface area contributed by atoms with Crippen molar-refractivity contribution >= 4 is 0 Å². The maximum absolute atomic E-state index is 9.83. The van der Waals surface area contributed by atoms with Gasteiger partial charge in [0.1, 0.15) is 0 Å². The van der Waals surface area contributed by atoms with Crippen molar-refractivity contribution in [3.8, 4) is 0 Å². The summed E-state index contributed by atoms with van der Waals surface area (Å²) in [4.78, 5) is 0. The number of hydrogen-bond acceptors (Lipinski definition) is 2. The normalized spacial score (nSPS) is 31.2. The van der Waals surface area contributed by atoms with Crippen molar-refractivity contribution < 1.29 is 9.84 Å². The molecule has 1 aliphatic rings. The molecule has 2 unspecified atom stereocenters. The highest BCUT2D eigenvalue weighted by Crippen LogP contribution is 2.36. The summed E-state index contributed by atoms with van der Waals surface area (Å²) in [6, 6.07) is 0. The van der Waals surface area contributed by atoms with Crippen LogP contribution in [0.1, 0.15) is 46.0 Å². The van der Waals surface area contributed by atoms with Crippen molar-refractivity contribution in [1.29, 1.82) is 0 Å². The van der Waals surface area contributed by atoms with Crippen LogP contribution in [0, 0.1) is 0 Å². The van der Waals surface area contributed by atoms with E-state index in [4.69, 9.17) is 4.74 Å². The number of aliphatic hydroxyl groups excluding tert-OH is 1. The van der Waals surface area contributed by atoms with Crippen LogP contribution in [0.2, 0.25) is 0 Å². The minimum atomic E-state index is -0.240. The Morgan fingerprint density at radius 2 is 2.08 bits per heavy atom. The number of hydrogen-bond donors (Lipinski definition) is 1. The van der Waals surface area contributed by atoms with Crippen LogP contribution in [0.15, 0.2) is 0 Å². The van der Waals surface area contributed by atoms with Crippen LogP contribution < -0.4 is 0 Å². The molecule has 1 fully saturated rings. The molecule has 0 radical (unpaired) electrons. The van der Waals surface area contributed by atoms with Crippen LogP contribution in [0.3, 0.4) is 0 Å². The van der Waals surface area contributed by atoms with E-state index in [1.165, 1.54) is 0 Å². The molecule has 1 aliphatic heterocycles. The molecule has 72 valence electrons. The summed E-state index contributed by atoms with van der Waals surface area (Å²) in [6.07, 6.45) is 4.82. The lowest BCUT2D eigenvalue weighted by molar-refractivity contribution is -0.209. The Labute approximate surface area is 74.9 Å². The highest BCUT2D eigenvalue weighted by molar-refractivity contribution is 4.93. The second kappa shape index (κ2) is 4.24. The van der Waals surface area contributed by atoms with Gasteiger partial charge in [-0.25, -0.2) is 0 Å². The van der Waals surface area contributed by atoms with E-state index in [0.717, 1.165) is 38.7 Å². The van der Waals surface area contributed by atoms with E-state index >= 15 is 0 Å². The first kappa shape index (κ1) is 10.0. The summed E-state index contributed by atoms with van der Waals surface area (Å²) in [5.74, 6) is 0. The molecule has 0 aromatic rings. The molecule has 0 aromatic carbocycles. The molecule has 0 aliphatic carbocycles. The lowest BCUT2D eigenvalue weighted by atomic mass is 9.82. The summed E-state index contributed by atoms with van der Waals surface area (Å²) in [5, 5.41) is 9.83. The molecular weight excluding hydrogens is 152 g/mol. The Balaban J connectivity index is 2.41. The van der Waals surface area contributed by atoms with Gasteiger partial charge in [-0.15, -0.1) is 0 Å². The van der Waals surface area contributed by atoms with E-state index in [2.05, 4.69) is 13.8 Å². The van der Waals surface area contributed by atoms with Gasteiger partial charge in [-0.05, 0) is 12.8 Å².